The molecule has 2 unspecified atom stereocenters. The molecule has 1 aliphatic rings. The molecule has 4 N–H and O–H groups in total. The number of hydrogen-bond acceptors (Lipinski definition) is 3. The molecule has 0 aliphatic carbocycles. The maximum atomic E-state index is 12.0. The van der Waals surface area contributed by atoms with Crippen LogP contribution in [0.2, 0.25) is 0 Å². The molecular weight excluding hydrogens is 250 g/mol. The quantitative estimate of drug-likeness (QED) is 0.675. The van der Waals surface area contributed by atoms with Crippen molar-refractivity contribution in [3.05, 3.63) is 0 Å². The maximum Gasteiger partial charge on any atom is 0.329 e. The largest absolute Gasteiger partial charge is 0.480 e. The van der Waals surface area contributed by atoms with E-state index < -0.39 is 28.9 Å². The van der Waals surface area contributed by atoms with Gasteiger partial charge in [-0.05, 0) is 26.7 Å². The second kappa shape index (κ2) is 5.07. The van der Waals surface area contributed by atoms with E-state index in [4.69, 9.17) is 10.8 Å². The predicted molar refractivity (Wildman–Crippen MR) is 68.4 cm³/mol. The van der Waals surface area contributed by atoms with Crippen LogP contribution in [0, 0.1) is 5.41 Å². The minimum Gasteiger partial charge on any atom is -0.480 e. The number of primary amides is 1. The molecule has 19 heavy (non-hydrogen) atoms. The molecule has 1 aliphatic heterocycles. The molecule has 1 fully saturated rings. The molecule has 1 rings (SSSR count). The highest BCUT2D eigenvalue weighted by molar-refractivity contribution is 5.87. The third-order valence-corrected chi connectivity index (χ3v) is 3.92. The Morgan fingerprint density at radius 3 is 2.42 bits per heavy atom. The van der Waals surface area contributed by atoms with Gasteiger partial charge in [0.25, 0.3) is 0 Å². The van der Waals surface area contributed by atoms with Crippen molar-refractivity contribution in [3.63, 3.8) is 0 Å². The Morgan fingerprint density at radius 1 is 1.47 bits per heavy atom. The lowest BCUT2D eigenvalue weighted by molar-refractivity contribution is -0.143. The minimum atomic E-state index is -1.30. The zero-order valence-corrected chi connectivity index (χ0v) is 11.5. The number of urea groups is 1. The summed E-state index contributed by atoms with van der Waals surface area (Å²) in [5.41, 5.74) is 3.27. The number of likely N-dealkylation sites (tertiary alicyclic amines) is 1. The molecule has 1 saturated heterocycles. The van der Waals surface area contributed by atoms with Crippen LogP contribution in [0.25, 0.3) is 0 Å². The zero-order chi connectivity index (χ0) is 14.8. The fourth-order valence-electron chi connectivity index (χ4n) is 1.94. The normalized spacial score (nSPS) is 25.7. The van der Waals surface area contributed by atoms with E-state index in [1.54, 1.807) is 13.8 Å². The van der Waals surface area contributed by atoms with Crippen LogP contribution in [0.5, 0.6) is 0 Å². The summed E-state index contributed by atoms with van der Waals surface area (Å²) in [6.07, 6.45) is 0.765. The van der Waals surface area contributed by atoms with E-state index in [0.717, 1.165) is 0 Å². The van der Waals surface area contributed by atoms with Gasteiger partial charge in [0.1, 0.15) is 5.54 Å². The molecule has 3 amide bonds. The first-order valence-corrected chi connectivity index (χ1v) is 6.25. The average Bonchev–Trinajstić information content (AvgIpc) is 2.73. The van der Waals surface area contributed by atoms with E-state index in [9.17, 15) is 14.4 Å². The summed E-state index contributed by atoms with van der Waals surface area (Å²) in [6.45, 7) is 5.46. The first kappa shape index (κ1) is 15.3. The summed E-state index contributed by atoms with van der Waals surface area (Å²) in [7, 11) is 0. The Labute approximate surface area is 112 Å². The van der Waals surface area contributed by atoms with Crippen molar-refractivity contribution in [3.8, 4) is 0 Å². The molecule has 7 heteroatoms. The number of carboxylic acid groups (broad SMARTS) is 1. The van der Waals surface area contributed by atoms with Gasteiger partial charge in [-0.1, -0.05) is 6.92 Å². The Morgan fingerprint density at radius 2 is 2.05 bits per heavy atom. The number of nitrogens with zero attached hydrogens (tertiary/aromatic N) is 1. The van der Waals surface area contributed by atoms with Crippen LogP contribution < -0.4 is 11.1 Å². The summed E-state index contributed by atoms with van der Waals surface area (Å²) >= 11 is 0. The molecule has 0 spiro atoms. The number of nitrogens with two attached hydrogens (primary N) is 1. The predicted octanol–water partition coefficient (Wildman–Crippen LogP) is 0.147. The van der Waals surface area contributed by atoms with Crippen LogP contribution >= 0.6 is 0 Å². The highest BCUT2D eigenvalue weighted by Gasteiger charge is 2.42. The average molecular weight is 271 g/mol. The van der Waals surface area contributed by atoms with Gasteiger partial charge < -0.3 is 21.1 Å². The molecule has 108 valence electrons. The number of carbonyl (C=O) groups is 3. The molecular formula is C12H21N3O4. The first-order chi connectivity index (χ1) is 8.64. The molecule has 2 atom stereocenters. The molecule has 0 saturated carbocycles. The van der Waals surface area contributed by atoms with Gasteiger partial charge in [0, 0.05) is 13.1 Å². The number of carboxylic acids is 1. The minimum absolute atomic E-state index is 0.216. The highest BCUT2D eigenvalue weighted by atomic mass is 16.4. The topological polar surface area (TPSA) is 113 Å². The van der Waals surface area contributed by atoms with Crippen molar-refractivity contribution in [2.24, 2.45) is 11.1 Å². The van der Waals surface area contributed by atoms with Crippen molar-refractivity contribution in [2.75, 3.05) is 13.1 Å². The number of rotatable bonds is 4. The summed E-state index contributed by atoms with van der Waals surface area (Å²) in [5, 5.41) is 11.6. The standard InChI is InChI=1S/C12H21N3O4/c1-4-12(3,9(17)18)14-10(19)15-6-5-11(2,7-15)8(13)16/h4-7H2,1-3H3,(H2,13,16)(H,14,19)(H,17,18). The molecule has 0 aromatic carbocycles. The van der Waals surface area contributed by atoms with Crippen LogP contribution in [0.3, 0.4) is 0 Å². The van der Waals surface area contributed by atoms with E-state index >= 15 is 0 Å². The van der Waals surface area contributed by atoms with E-state index in [2.05, 4.69) is 5.32 Å². The van der Waals surface area contributed by atoms with Crippen molar-refractivity contribution < 1.29 is 19.5 Å². The number of carbonyl (C=O) groups excluding carboxylic acids is 2. The first-order valence-electron chi connectivity index (χ1n) is 6.25. The molecule has 7 nitrogen and oxygen atoms in total. The van der Waals surface area contributed by atoms with Crippen LogP contribution in [-0.2, 0) is 9.59 Å². The van der Waals surface area contributed by atoms with Gasteiger partial charge in [-0.25, -0.2) is 9.59 Å². The molecule has 1 heterocycles. The van der Waals surface area contributed by atoms with Gasteiger partial charge in [-0.2, -0.15) is 0 Å². The van der Waals surface area contributed by atoms with E-state index in [1.807, 2.05) is 0 Å². The summed E-state index contributed by atoms with van der Waals surface area (Å²) in [4.78, 5) is 35.9. The maximum absolute atomic E-state index is 12.0. The molecule has 0 radical (unpaired) electrons. The van der Waals surface area contributed by atoms with E-state index in [-0.39, 0.29) is 13.0 Å². The third kappa shape index (κ3) is 2.97. The number of amides is 3. The summed E-state index contributed by atoms with van der Waals surface area (Å²) in [5.74, 6) is -1.53. The molecule has 0 aromatic heterocycles. The third-order valence-electron chi connectivity index (χ3n) is 3.92. The number of aliphatic carboxylic acids is 1. The summed E-state index contributed by atoms with van der Waals surface area (Å²) in [6, 6.07) is -0.475. The van der Waals surface area contributed by atoms with Gasteiger partial charge in [0.15, 0.2) is 0 Å². The van der Waals surface area contributed by atoms with Gasteiger partial charge in [0.05, 0.1) is 5.41 Å². The van der Waals surface area contributed by atoms with Gasteiger partial charge in [-0.3, -0.25) is 4.79 Å². The zero-order valence-electron chi connectivity index (χ0n) is 11.5. The smallest absolute Gasteiger partial charge is 0.329 e. The van der Waals surface area contributed by atoms with Crippen LogP contribution in [0.15, 0.2) is 0 Å². The fraction of sp³-hybridized carbons (Fsp3) is 0.750. The van der Waals surface area contributed by atoms with E-state index in [0.29, 0.717) is 13.0 Å². The van der Waals surface area contributed by atoms with Gasteiger partial charge in [-0.15, -0.1) is 0 Å². The fourth-order valence-corrected chi connectivity index (χ4v) is 1.94. The second-order valence-corrected chi connectivity index (χ2v) is 5.52. The number of nitrogens with one attached hydrogen (secondary N) is 1. The lowest BCUT2D eigenvalue weighted by atomic mass is 9.89. The van der Waals surface area contributed by atoms with Crippen LogP contribution in [0.1, 0.15) is 33.6 Å². The van der Waals surface area contributed by atoms with Crippen molar-refractivity contribution in [1.82, 2.24) is 10.2 Å². The number of hydrogen-bond donors (Lipinski definition) is 3. The Hall–Kier alpha value is -1.79. The monoisotopic (exact) mass is 271 g/mol. The Kier molecular flexibility index (Phi) is 4.07. The van der Waals surface area contributed by atoms with Gasteiger partial charge in [0.2, 0.25) is 5.91 Å². The summed E-state index contributed by atoms with van der Waals surface area (Å²) < 4.78 is 0. The Balaban J connectivity index is 2.72. The Bertz CT molecular complexity index is 412. The van der Waals surface area contributed by atoms with Gasteiger partial charge >= 0.3 is 12.0 Å². The van der Waals surface area contributed by atoms with Crippen molar-refractivity contribution in [1.29, 1.82) is 0 Å². The SMILES string of the molecule is CCC(C)(NC(=O)N1CCC(C)(C(N)=O)C1)C(=O)O. The van der Waals surface area contributed by atoms with Crippen molar-refractivity contribution >= 4 is 17.9 Å². The van der Waals surface area contributed by atoms with Crippen molar-refractivity contribution in [2.45, 2.75) is 39.2 Å². The highest BCUT2D eigenvalue weighted by Crippen LogP contribution is 2.29. The van der Waals surface area contributed by atoms with Crippen LogP contribution in [-0.4, -0.2) is 46.5 Å². The second-order valence-electron chi connectivity index (χ2n) is 5.52. The lowest BCUT2D eigenvalue weighted by Crippen LogP contribution is -2.55. The molecule has 0 bridgehead atoms. The lowest BCUT2D eigenvalue weighted by Gasteiger charge is -2.28. The van der Waals surface area contributed by atoms with E-state index in [1.165, 1.54) is 11.8 Å². The van der Waals surface area contributed by atoms with Crippen LogP contribution in [0.4, 0.5) is 4.79 Å². The molecule has 0 aromatic rings.